The smallest absolute Gasteiger partial charge is 0.254 e. The van der Waals surface area contributed by atoms with E-state index in [9.17, 15) is 13.2 Å². The van der Waals surface area contributed by atoms with Crippen LogP contribution in [-0.2, 0) is 0 Å². The normalized spacial score (nSPS) is 18.1. The quantitative estimate of drug-likeness (QED) is 0.861. The number of hydrogen-bond acceptors (Lipinski definition) is 4. The Kier molecular flexibility index (Phi) is 4.18. The highest BCUT2D eigenvalue weighted by Crippen LogP contribution is 2.34. The zero-order valence-corrected chi connectivity index (χ0v) is 13.1. The third-order valence-electron chi connectivity index (χ3n) is 3.78. The molecule has 0 amide bonds. The van der Waals surface area contributed by atoms with Crippen molar-refractivity contribution in [1.82, 2.24) is 19.7 Å². The Morgan fingerprint density at radius 2 is 2.00 bits per heavy atom. The summed E-state index contributed by atoms with van der Waals surface area (Å²) in [6, 6.07) is 1.47. The van der Waals surface area contributed by atoms with E-state index in [0.29, 0.717) is 0 Å². The summed E-state index contributed by atoms with van der Waals surface area (Å²) in [5.74, 6) is -3.41. The van der Waals surface area contributed by atoms with Crippen molar-refractivity contribution in [2.24, 2.45) is 0 Å². The van der Waals surface area contributed by atoms with E-state index >= 15 is 0 Å². The van der Waals surface area contributed by atoms with Gasteiger partial charge >= 0.3 is 0 Å². The van der Waals surface area contributed by atoms with Crippen molar-refractivity contribution >= 4 is 17.4 Å². The predicted molar refractivity (Wildman–Crippen MR) is 79.7 cm³/mol. The van der Waals surface area contributed by atoms with Crippen molar-refractivity contribution in [3.63, 3.8) is 0 Å². The summed E-state index contributed by atoms with van der Waals surface area (Å²) < 4.78 is 41.9. The van der Waals surface area contributed by atoms with Gasteiger partial charge in [0.1, 0.15) is 0 Å². The van der Waals surface area contributed by atoms with Gasteiger partial charge in [-0.25, -0.2) is 13.5 Å². The predicted octanol–water partition coefficient (Wildman–Crippen LogP) is 3.75. The minimum atomic E-state index is -2.64. The van der Waals surface area contributed by atoms with E-state index < -0.39 is 11.7 Å². The lowest BCUT2D eigenvalue weighted by molar-refractivity contribution is -0.0361. The Labute approximate surface area is 135 Å². The molecule has 23 heavy (non-hydrogen) atoms. The topological polar surface area (TPSA) is 55.6 Å². The first-order valence-corrected chi connectivity index (χ1v) is 7.62. The molecule has 0 bridgehead atoms. The molecule has 1 aliphatic carbocycles. The Bertz CT molecular complexity index is 708. The van der Waals surface area contributed by atoms with E-state index in [1.165, 1.54) is 4.68 Å². The van der Waals surface area contributed by atoms with Gasteiger partial charge in [0, 0.05) is 25.1 Å². The van der Waals surface area contributed by atoms with Crippen molar-refractivity contribution in [3.8, 4) is 5.95 Å². The lowest BCUT2D eigenvalue weighted by Gasteiger charge is -2.29. The van der Waals surface area contributed by atoms with Crippen molar-refractivity contribution in [1.29, 1.82) is 0 Å². The van der Waals surface area contributed by atoms with Crippen LogP contribution in [0, 0.1) is 12.7 Å². The van der Waals surface area contributed by atoms with Gasteiger partial charge in [0.15, 0.2) is 11.0 Å². The van der Waals surface area contributed by atoms with Crippen LogP contribution in [0.15, 0.2) is 12.3 Å². The van der Waals surface area contributed by atoms with Crippen LogP contribution in [0.3, 0.4) is 0 Å². The molecule has 0 aliphatic heterocycles. The number of nitrogens with zero attached hydrogens (tertiary/aromatic N) is 4. The second kappa shape index (κ2) is 5.99. The summed E-state index contributed by atoms with van der Waals surface area (Å²) in [6.07, 6.45) is 1.66. The molecular weight excluding hydrogens is 331 g/mol. The van der Waals surface area contributed by atoms with E-state index in [1.54, 1.807) is 19.2 Å². The molecule has 0 aromatic carbocycles. The third-order valence-corrected chi connectivity index (χ3v) is 4.03. The van der Waals surface area contributed by atoms with Gasteiger partial charge in [-0.15, -0.1) is 0 Å². The zero-order valence-electron chi connectivity index (χ0n) is 12.4. The van der Waals surface area contributed by atoms with E-state index in [0.717, 1.165) is 5.69 Å². The van der Waals surface area contributed by atoms with Gasteiger partial charge in [0.25, 0.3) is 5.95 Å². The summed E-state index contributed by atoms with van der Waals surface area (Å²) in [4.78, 5) is 7.93. The van der Waals surface area contributed by atoms with E-state index in [4.69, 9.17) is 11.6 Å². The number of nitrogens with one attached hydrogen (secondary N) is 1. The van der Waals surface area contributed by atoms with Crippen LogP contribution in [0.25, 0.3) is 5.95 Å². The number of rotatable bonds is 3. The maximum Gasteiger partial charge on any atom is 0.254 e. The minimum absolute atomic E-state index is 0.0941. The van der Waals surface area contributed by atoms with Crippen molar-refractivity contribution in [3.05, 3.63) is 28.9 Å². The van der Waals surface area contributed by atoms with Gasteiger partial charge in [0.05, 0.1) is 5.69 Å². The molecule has 0 spiro atoms. The maximum atomic E-state index is 14.1. The maximum absolute atomic E-state index is 14.1. The number of hydrogen-bond donors (Lipinski definition) is 1. The van der Waals surface area contributed by atoms with Gasteiger partial charge in [0.2, 0.25) is 11.7 Å². The molecule has 2 aromatic rings. The van der Waals surface area contributed by atoms with Crippen LogP contribution in [0.4, 0.5) is 19.0 Å². The second-order valence-electron chi connectivity index (χ2n) is 5.65. The number of alkyl halides is 2. The van der Waals surface area contributed by atoms with E-state index in [2.05, 4.69) is 20.4 Å². The minimum Gasteiger partial charge on any atom is -0.365 e. The zero-order chi connectivity index (χ0) is 16.6. The average Bonchev–Trinajstić information content (AvgIpc) is 2.92. The van der Waals surface area contributed by atoms with Crippen molar-refractivity contribution in [2.75, 3.05) is 5.32 Å². The Morgan fingerprint density at radius 3 is 2.61 bits per heavy atom. The summed E-state index contributed by atoms with van der Waals surface area (Å²) in [5.41, 5.74) is 0.748. The highest BCUT2D eigenvalue weighted by Gasteiger charge is 2.35. The van der Waals surface area contributed by atoms with E-state index in [-0.39, 0.29) is 48.6 Å². The SMILES string of the molecule is Cc1ccn(-c2nc(Cl)c(F)c(NC3CCC(F)(F)CC3)n2)n1. The lowest BCUT2D eigenvalue weighted by atomic mass is 9.92. The molecule has 2 heterocycles. The molecule has 1 N–H and O–H groups in total. The van der Waals surface area contributed by atoms with Crippen molar-refractivity contribution in [2.45, 2.75) is 44.6 Å². The summed E-state index contributed by atoms with van der Waals surface area (Å²) in [7, 11) is 0. The third kappa shape index (κ3) is 3.57. The van der Waals surface area contributed by atoms with Crippen LogP contribution in [0.5, 0.6) is 0 Å². The van der Waals surface area contributed by atoms with Gasteiger partial charge in [-0.1, -0.05) is 11.6 Å². The van der Waals surface area contributed by atoms with E-state index in [1.807, 2.05) is 0 Å². The molecule has 1 aliphatic rings. The van der Waals surface area contributed by atoms with Gasteiger partial charge < -0.3 is 5.32 Å². The number of anilines is 1. The molecule has 0 radical (unpaired) electrons. The molecule has 1 saturated carbocycles. The Morgan fingerprint density at radius 1 is 1.30 bits per heavy atom. The van der Waals surface area contributed by atoms with Crippen LogP contribution >= 0.6 is 11.6 Å². The highest BCUT2D eigenvalue weighted by atomic mass is 35.5. The van der Waals surface area contributed by atoms with Crippen LogP contribution in [0.1, 0.15) is 31.4 Å². The van der Waals surface area contributed by atoms with Gasteiger partial charge in [-0.3, -0.25) is 0 Å². The van der Waals surface area contributed by atoms with Crippen LogP contribution < -0.4 is 5.32 Å². The highest BCUT2D eigenvalue weighted by molar-refractivity contribution is 6.29. The summed E-state index contributed by atoms with van der Waals surface area (Å²) >= 11 is 5.81. The molecule has 0 saturated heterocycles. The second-order valence-corrected chi connectivity index (χ2v) is 6.01. The standard InChI is InChI=1S/C14H15ClF3N5/c1-8-4-7-23(22-8)13-20-11(15)10(16)12(21-13)19-9-2-5-14(17,18)6-3-9/h4,7,9H,2-3,5-6H2,1H3,(H,19,20,21). The molecule has 5 nitrogen and oxygen atoms in total. The first kappa shape index (κ1) is 16.0. The molecule has 2 aromatic heterocycles. The molecular formula is C14H15ClF3N5. The number of halogens is 4. The van der Waals surface area contributed by atoms with Crippen LogP contribution in [-0.4, -0.2) is 31.7 Å². The first-order valence-electron chi connectivity index (χ1n) is 7.24. The van der Waals surface area contributed by atoms with Crippen molar-refractivity contribution < 1.29 is 13.2 Å². The summed E-state index contributed by atoms with van der Waals surface area (Å²) in [5, 5.41) is 6.66. The fourth-order valence-electron chi connectivity index (χ4n) is 2.51. The molecule has 3 rings (SSSR count). The number of aromatic nitrogens is 4. The van der Waals surface area contributed by atoms with Gasteiger partial charge in [-0.05, 0) is 25.8 Å². The van der Waals surface area contributed by atoms with Crippen LogP contribution in [0.2, 0.25) is 5.15 Å². The largest absolute Gasteiger partial charge is 0.365 e. The Hall–Kier alpha value is -1.83. The average molecular weight is 346 g/mol. The molecule has 1 fully saturated rings. The monoisotopic (exact) mass is 345 g/mol. The Balaban J connectivity index is 1.83. The fraction of sp³-hybridized carbons (Fsp3) is 0.500. The molecule has 124 valence electrons. The number of aryl methyl sites for hydroxylation is 1. The van der Waals surface area contributed by atoms with Gasteiger partial charge in [-0.2, -0.15) is 19.5 Å². The molecule has 0 unspecified atom stereocenters. The first-order chi connectivity index (χ1) is 10.8. The lowest BCUT2D eigenvalue weighted by Crippen LogP contribution is -2.32. The summed E-state index contributed by atoms with van der Waals surface area (Å²) in [6.45, 7) is 1.79. The fourth-order valence-corrected chi connectivity index (χ4v) is 2.68. The molecule has 9 heteroatoms. The molecule has 0 atom stereocenters.